The molecule has 0 radical (unpaired) electrons. The van der Waals surface area contributed by atoms with E-state index in [9.17, 15) is 0 Å². The average Bonchev–Trinajstić information content (AvgIpc) is 2.37. The van der Waals surface area contributed by atoms with E-state index in [1.54, 1.807) is 7.11 Å². The van der Waals surface area contributed by atoms with Gasteiger partial charge in [-0.05, 0) is 55.8 Å². The first kappa shape index (κ1) is 12.6. The minimum Gasteiger partial charge on any atom is -0.384 e. The molecule has 0 unspecified atom stereocenters. The molecule has 5 rings (SSSR count). The van der Waals surface area contributed by atoms with Crippen molar-refractivity contribution in [1.29, 1.82) is 0 Å². The summed E-state index contributed by atoms with van der Waals surface area (Å²) in [5.41, 5.74) is 6.90. The van der Waals surface area contributed by atoms with Crippen LogP contribution in [-0.2, 0) is 11.3 Å². The number of aromatic nitrogens is 2. The number of hydrogen-bond donors (Lipinski definition) is 1. The zero-order valence-corrected chi connectivity index (χ0v) is 12.1. The Labute approximate surface area is 120 Å². The predicted octanol–water partition coefficient (Wildman–Crippen LogP) is 2.74. The lowest BCUT2D eigenvalue weighted by molar-refractivity contribution is -0.00576. The number of nitrogen functional groups attached to an aromatic ring is 1. The fourth-order valence-electron chi connectivity index (χ4n) is 5.26. The van der Waals surface area contributed by atoms with E-state index in [0.29, 0.717) is 18.3 Å². The summed E-state index contributed by atoms with van der Waals surface area (Å²) in [4.78, 5) is 9.33. The Morgan fingerprint density at radius 2 is 1.75 bits per heavy atom. The summed E-state index contributed by atoms with van der Waals surface area (Å²) in [6.45, 7) is 0.521. The average molecular weight is 273 g/mol. The molecule has 4 aliphatic carbocycles. The van der Waals surface area contributed by atoms with Gasteiger partial charge in [-0.1, -0.05) is 0 Å². The molecule has 108 valence electrons. The van der Waals surface area contributed by atoms with Gasteiger partial charge in [0.05, 0.1) is 12.3 Å². The summed E-state index contributed by atoms with van der Waals surface area (Å²) in [6, 6.07) is 1.84. The van der Waals surface area contributed by atoms with Gasteiger partial charge in [0.1, 0.15) is 11.6 Å². The molecule has 20 heavy (non-hydrogen) atoms. The minimum atomic E-state index is 0.521. The van der Waals surface area contributed by atoms with E-state index in [0.717, 1.165) is 35.2 Å². The Balaban J connectivity index is 1.67. The van der Waals surface area contributed by atoms with Gasteiger partial charge >= 0.3 is 0 Å². The summed E-state index contributed by atoms with van der Waals surface area (Å²) >= 11 is 0. The first-order valence-electron chi connectivity index (χ1n) is 7.85. The number of rotatable bonds is 3. The SMILES string of the molecule is COCc1cc(N)nc(C2C3CC4CC(C3)CC2C4)n1. The highest BCUT2D eigenvalue weighted by Crippen LogP contribution is 2.59. The minimum absolute atomic E-state index is 0.521. The molecule has 2 N–H and O–H groups in total. The Morgan fingerprint density at radius 3 is 2.35 bits per heavy atom. The first-order chi connectivity index (χ1) is 9.72. The van der Waals surface area contributed by atoms with Crippen molar-refractivity contribution in [1.82, 2.24) is 9.97 Å². The third-order valence-electron chi connectivity index (χ3n) is 5.63. The number of ether oxygens (including phenoxy) is 1. The highest BCUT2D eigenvalue weighted by Gasteiger charge is 2.49. The van der Waals surface area contributed by atoms with E-state index < -0.39 is 0 Å². The van der Waals surface area contributed by atoms with Gasteiger partial charge < -0.3 is 10.5 Å². The van der Waals surface area contributed by atoms with Crippen LogP contribution in [-0.4, -0.2) is 17.1 Å². The maximum Gasteiger partial charge on any atom is 0.134 e. The molecule has 0 amide bonds. The number of anilines is 1. The van der Waals surface area contributed by atoms with Crippen molar-refractivity contribution < 1.29 is 4.74 Å². The van der Waals surface area contributed by atoms with Gasteiger partial charge in [-0.2, -0.15) is 0 Å². The molecule has 4 saturated carbocycles. The van der Waals surface area contributed by atoms with Crippen molar-refractivity contribution >= 4 is 5.82 Å². The van der Waals surface area contributed by atoms with Crippen molar-refractivity contribution in [2.45, 2.75) is 44.6 Å². The summed E-state index contributed by atoms with van der Waals surface area (Å²) in [5, 5.41) is 0. The van der Waals surface area contributed by atoms with Crippen molar-refractivity contribution in [3.8, 4) is 0 Å². The van der Waals surface area contributed by atoms with Crippen molar-refractivity contribution in [3.05, 3.63) is 17.6 Å². The topological polar surface area (TPSA) is 61.0 Å². The second-order valence-corrected chi connectivity index (χ2v) is 7.03. The van der Waals surface area contributed by atoms with Gasteiger partial charge in [-0.3, -0.25) is 0 Å². The van der Waals surface area contributed by atoms with Crippen LogP contribution >= 0.6 is 0 Å². The van der Waals surface area contributed by atoms with Crippen molar-refractivity contribution in [2.75, 3.05) is 12.8 Å². The largest absolute Gasteiger partial charge is 0.384 e. The smallest absolute Gasteiger partial charge is 0.134 e. The maximum absolute atomic E-state index is 5.98. The zero-order chi connectivity index (χ0) is 13.7. The van der Waals surface area contributed by atoms with Crippen LogP contribution in [0.1, 0.15) is 49.5 Å². The molecule has 0 spiro atoms. The summed E-state index contributed by atoms with van der Waals surface area (Å²) < 4.78 is 5.20. The van der Waals surface area contributed by atoms with Gasteiger partial charge in [-0.15, -0.1) is 0 Å². The third kappa shape index (κ3) is 2.01. The van der Waals surface area contributed by atoms with Crippen LogP contribution in [0, 0.1) is 23.7 Å². The Hall–Kier alpha value is -1.16. The summed E-state index contributed by atoms with van der Waals surface area (Å²) in [6.07, 6.45) is 7.02. The van der Waals surface area contributed by atoms with E-state index in [1.165, 1.54) is 32.1 Å². The van der Waals surface area contributed by atoms with Gasteiger partial charge in [0.2, 0.25) is 0 Å². The van der Waals surface area contributed by atoms with Crippen molar-refractivity contribution in [3.63, 3.8) is 0 Å². The zero-order valence-electron chi connectivity index (χ0n) is 12.1. The first-order valence-corrected chi connectivity index (χ1v) is 7.85. The molecule has 1 heterocycles. The molecule has 0 saturated heterocycles. The number of nitrogens with zero attached hydrogens (tertiary/aromatic N) is 2. The number of hydrogen-bond acceptors (Lipinski definition) is 4. The molecule has 0 aliphatic heterocycles. The fourth-order valence-corrected chi connectivity index (χ4v) is 5.26. The van der Waals surface area contributed by atoms with Crippen LogP contribution in [0.15, 0.2) is 6.07 Å². The Bertz CT molecular complexity index is 488. The van der Waals surface area contributed by atoms with Gasteiger partial charge in [0.25, 0.3) is 0 Å². The Kier molecular flexibility index (Phi) is 2.95. The fraction of sp³-hybridized carbons (Fsp3) is 0.750. The van der Waals surface area contributed by atoms with Crippen LogP contribution in [0.3, 0.4) is 0 Å². The van der Waals surface area contributed by atoms with Gasteiger partial charge in [0, 0.05) is 19.1 Å². The second kappa shape index (κ2) is 4.69. The highest BCUT2D eigenvalue weighted by atomic mass is 16.5. The van der Waals surface area contributed by atoms with Gasteiger partial charge in [0.15, 0.2) is 0 Å². The summed E-state index contributed by atoms with van der Waals surface area (Å²) in [5.74, 6) is 5.68. The normalized spacial score (nSPS) is 38.4. The molecule has 4 bridgehead atoms. The Morgan fingerprint density at radius 1 is 1.10 bits per heavy atom. The molecule has 0 atom stereocenters. The quantitative estimate of drug-likeness (QED) is 0.920. The van der Waals surface area contributed by atoms with Crippen LogP contribution in [0.4, 0.5) is 5.82 Å². The molecular formula is C16H23N3O. The van der Waals surface area contributed by atoms with Crippen LogP contribution in [0.25, 0.3) is 0 Å². The van der Waals surface area contributed by atoms with Crippen LogP contribution in [0.2, 0.25) is 0 Å². The lowest BCUT2D eigenvalue weighted by Crippen LogP contribution is -2.44. The molecular weight excluding hydrogens is 250 g/mol. The molecule has 4 aliphatic rings. The van der Waals surface area contributed by atoms with E-state index in [1.807, 2.05) is 6.07 Å². The molecule has 4 fully saturated rings. The highest BCUT2D eigenvalue weighted by molar-refractivity contribution is 5.31. The van der Waals surface area contributed by atoms with E-state index in [2.05, 4.69) is 4.98 Å². The number of methoxy groups -OCH3 is 1. The molecule has 1 aromatic rings. The van der Waals surface area contributed by atoms with Crippen LogP contribution < -0.4 is 5.73 Å². The van der Waals surface area contributed by atoms with E-state index >= 15 is 0 Å². The number of nitrogens with two attached hydrogens (primary N) is 1. The second-order valence-electron chi connectivity index (χ2n) is 7.03. The third-order valence-corrected chi connectivity index (χ3v) is 5.63. The lowest BCUT2D eigenvalue weighted by Gasteiger charge is -2.53. The van der Waals surface area contributed by atoms with E-state index in [-0.39, 0.29) is 0 Å². The predicted molar refractivity (Wildman–Crippen MR) is 76.9 cm³/mol. The monoisotopic (exact) mass is 273 g/mol. The van der Waals surface area contributed by atoms with E-state index in [4.69, 9.17) is 15.5 Å². The summed E-state index contributed by atoms with van der Waals surface area (Å²) in [7, 11) is 1.70. The molecule has 0 aromatic carbocycles. The maximum atomic E-state index is 5.98. The standard InChI is InChI=1S/C16H23N3O/c1-20-8-13-7-14(17)19-16(18-13)15-11-3-9-2-10(5-11)6-12(15)4-9/h7,9-12,15H,2-6,8H2,1H3,(H2,17,18,19). The molecule has 4 heteroatoms. The van der Waals surface area contributed by atoms with Crippen LogP contribution in [0.5, 0.6) is 0 Å². The molecule has 1 aromatic heterocycles. The molecule has 4 nitrogen and oxygen atoms in total. The van der Waals surface area contributed by atoms with Crippen molar-refractivity contribution in [2.24, 2.45) is 23.7 Å². The lowest BCUT2D eigenvalue weighted by atomic mass is 9.51. The van der Waals surface area contributed by atoms with Gasteiger partial charge in [-0.25, -0.2) is 9.97 Å².